The third-order valence-corrected chi connectivity index (χ3v) is 2.93. The van der Waals surface area contributed by atoms with Gasteiger partial charge in [0.15, 0.2) is 0 Å². The maximum absolute atomic E-state index is 10.6. The molecule has 4 heteroatoms. The monoisotopic (exact) mass is 215 g/mol. The highest BCUT2D eigenvalue weighted by atomic mass is 16.1. The van der Waals surface area contributed by atoms with E-state index in [1.165, 1.54) is 0 Å². The molecule has 1 saturated heterocycles. The number of pyridine rings is 1. The van der Waals surface area contributed by atoms with Gasteiger partial charge in [-0.2, -0.15) is 5.26 Å². The van der Waals surface area contributed by atoms with E-state index in [1.54, 1.807) is 18.3 Å². The van der Waals surface area contributed by atoms with Gasteiger partial charge in [-0.15, -0.1) is 0 Å². The number of nitrogens with zero attached hydrogens (tertiary/aromatic N) is 3. The highest BCUT2D eigenvalue weighted by molar-refractivity contribution is 5.55. The molecular formula is C12H13N3O. The van der Waals surface area contributed by atoms with Crippen LogP contribution >= 0.6 is 0 Å². The van der Waals surface area contributed by atoms with Crippen LogP contribution in [0.3, 0.4) is 0 Å². The SMILES string of the molecule is N#Cc1ccnc(N2CCC(C=O)CC2)c1. The first kappa shape index (κ1) is 10.6. The standard InChI is InChI=1S/C12H13N3O/c13-8-11-1-4-14-12(7-11)15-5-2-10(9-16)3-6-15/h1,4,7,9-10H,2-3,5-6H2. The minimum Gasteiger partial charge on any atom is -0.357 e. The largest absolute Gasteiger partial charge is 0.357 e. The maximum Gasteiger partial charge on any atom is 0.129 e. The molecule has 1 fully saturated rings. The first-order valence-corrected chi connectivity index (χ1v) is 5.40. The number of rotatable bonds is 2. The molecule has 1 aromatic rings. The maximum atomic E-state index is 10.6. The lowest BCUT2D eigenvalue weighted by atomic mass is 9.98. The minimum atomic E-state index is 0.190. The van der Waals surface area contributed by atoms with Crippen molar-refractivity contribution in [3.8, 4) is 6.07 Å². The van der Waals surface area contributed by atoms with Crippen LogP contribution in [-0.2, 0) is 4.79 Å². The first-order chi connectivity index (χ1) is 7.83. The molecule has 0 spiro atoms. The van der Waals surface area contributed by atoms with Gasteiger partial charge < -0.3 is 9.69 Å². The van der Waals surface area contributed by atoms with E-state index in [1.807, 2.05) is 0 Å². The lowest BCUT2D eigenvalue weighted by Crippen LogP contribution is -2.34. The molecule has 82 valence electrons. The molecule has 0 N–H and O–H groups in total. The van der Waals surface area contributed by atoms with E-state index in [-0.39, 0.29) is 5.92 Å². The Morgan fingerprint density at radius 1 is 1.50 bits per heavy atom. The Morgan fingerprint density at radius 2 is 2.25 bits per heavy atom. The summed E-state index contributed by atoms with van der Waals surface area (Å²) in [6.45, 7) is 1.68. The fourth-order valence-electron chi connectivity index (χ4n) is 1.93. The molecule has 0 saturated carbocycles. The third-order valence-electron chi connectivity index (χ3n) is 2.93. The molecule has 16 heavy (non-hydrogen) atoms. The summed E-state index contributed by atoms with van der Waals surface area (Å²) in [7, 11) is 0. The van der Waals surface area contributed by atoms with Gasteiger partial charge in [0.2, 0.25) is 0 Å². The van der Waals surface area contributed by atoms with Gasteiger partial charge in [0.05, 0.1) is 11.6 Å². The van der Waals surface area contributed by atoms with Gasteiger partial charge >= 0.3 is 0 Å². The number of carbonyl (C=O) groups is 1. The van der Waals surface area contributed by atoms with Crippen LogP contribution in [0.2, 0.25) is 0 Å². The van der Waals surface area contributed by atoms with Crippen molar-refractivity contribution >= 4 is 12.1 Å². The van der Waals surface area contributed by atoms with E-state index >= 15 is 0 Å². The third kappa shape index (κ3) is 2.19. The smallest absolute Gasteiger partial charge is 0.129 e. The normalized spacial score (nSPS) is 16.8. The number of piperidine rings is 1. The molecule has 1 aromatic heterocycles. The van der Waals surface area contributed by atoms with Crippen LogP contribution in [0.1, 0.15) is 18.4 Å². The molecule has 2 rings (SSSR count). The topological polar surface area (TPSA) is 57.0 Å². The Kier molecular flexibility index (Phi) is 3.16. The summed E-state index contributed by atoms with van der Waals surface area (Å²) in [5.41, 5.74) is 0.627. The molecule has 0 atom stereocenters. The summed E-state index contributed by atoms with van der Waals surface area (Å²) in [4.78, 5) is 17.0. The molecule has 1 aliphatic heterocycles. The summed E-state index contributed by atoms with van der Waals surface area (Å²) >= 11 is 0. The Labute approximate surface area is 94.5 Å². The molecule has 1 aliphatic rings. The van der Waals surface area contributed by atoms with Crippen LogP contribution in [0, 0.1) is 17.2 Å². The number of nitriles is 1. The van der Waals surface area contributed by atoms with Crippen molar-refractivity contribution in [1.29, 1.82) is 5.26 Å². The fraction of sp³-hybridized carbons (Fsp3) is 0.417. The predicted molar refractivity (Wildman–Crippen MR) is 60.0 cm³/mol. The van der Waals surface area contributed by atoms with E-state index < -0.39 is 0 Å². The second-order valence-corrected chi connectivity index (χ2v) is 3.98. The van der Waals surface area contributed by atoms with E-state index in [0.717, 1.165) is 38.0 Å². The van der Waals surface area contributed by atoms with Gasteiger partial charge in [-0.05, 0) is 25.0 Å². The molecular weight excluding hydrogens is 202 g/mol. The van der Waals surface area contributed by atoms with Gasteiger partial charge in [0.1, 0.15) is 12.1 Å². The van der Waals surface area contributed by atoms with Crippen molar-refractivity contribution in [3.05, 3.63) is 23.9 Å². The molecule has 0 radical (unpaired) electrons. The van der Waals surface area contributed by atoms with E-state index in [2.05, 4.69) is 16.0 Å². The van der Waals surface area contributed by atoms with Gasteiger partial charge in [-0.3, -0.25) is 0 Å². The summed E-state index contributed by atoms with van der Waals surface area (Å²) in [5.74, 6) is 1.03. The van der Waals surface area contributed by atoms with E-state index in [0.29, 0.717) is 5.56 Å². The van der Waals surface area contributed by atoms with Crippen molar-refractivity contribution in [3.63, 3.8) is 0 Å². The van der Waals surface area contributed by atoms with Crippen LogP contribution in [0.15, 0.2) is 18.3 Å². The molecule has 0 aliphatic carbocycles. The molecule has 2 heterocycles. The quantitative estimate of drug-likeness (QED) is 0.699. The van der Waals surface area contributed by atoms with E-state index in [4.69, 9.17) is 5.26 Å². The van der Waals surface area contributed by atoms with Gasteiger partial charge in [-0.25, -0.2) is 4.98 Å². The fourth-order valence-corrected chi connectivity index (χ4v) is 1.93. The lowest BCUT2D eigenvalue weighted by Gasteiger charge is -2.30. The molecule has 0 unspecified atom stereocenters. The zero-order valence-electron chi connectivity index (χ0n) is 8.97. The average Bonchev–Trinajstić information content (AvgIpc) is 2.39. The highest BCUT2D eigenvalue weighted by Gasteiger charge is 2.19. The Hall–Kier alpha value is -1.89. The van der Waals surface area contributed by atoms with Crippen LogP contribution in [0.25, 0.3) is 0 Å². The zero-order chi connectivity index (χ0) is 11.4. The molecule has 0 amide bonds. The van der Waals surface area contributed by atoms with Gasteiger partial charge in [0, 0.05) is 25.2 Å². The molecule has 0 aromatic carbocycles. The number of carbonyl (C=O) groups excluding carboxylic acids is 1. The lowest BCUT2D eigenvalue weighted by molar-refractivity contribution is -0.111. The summed E-state index contributed by atoms with van der Waals surface area (Å²) in [6, 6.07) is 5.59. The highest BCUT2D eigenvalue weighted by Crippen LogP contribution is 2.20. The number of hydrogen-bond acceptors (Lipinski definition) is 4. The predicted octanol–water partition coefficient (Wildman–Crippen LogP) is 1.37. The Morgan fingerprint density at radius 3 is 2.88 bits per heavy atom. The minimum absolute atomic E-state index is 0.190. The van der Waals surface area contributed by atoms with Gasteiger partial charge in [0.25, 0.3) is 0 Å². The summed E-state index contributed by atoms with van der Waals surface area (Å²) in [5, 5.41) is 8.80. The van der Waals surface area contributed by atoms with Crippen LogP contribution < -0.4 is 4.90 Å². The molecule has 0 bridgehead atoms. The number of aldehydes is 1. The second kappa shape index (κ2) is 4.75. The number of anilines is 1. The number of aromatic nitrogens is 1. The molecule has 4 nitrogen and oxygen atoms in total. The van der Waals surface area contributed by atoms with Crippen molar-refractivity contribution in [2.75, 3.05) is 18.0 Å². The summed E-state index contributed by atoms with van der Waals surface area (Å²) < 4.78 is 0. The van der Waals surface area contributed by atoms with Crippen molar-refractivity contribution in [1.82, 2.24) is 4.98 Å². The first-order valence-electron chi connectivity index (χ1n) is 5.40. The van der Waals surface area contributed by atoms with Crippen molar-refractivity contribution in [2.24, 2.45) is 5.92 Å². The average molecular weight is 215 g/mol. The van der Waals surface area contributed by atoms with E-state index in [9.17, 15) is 4.79 Å². The Bertz CT molecular complexity index is 417. The van der Waals surface area contributed by atoms with Crippen LogP contribution in [-0.4, -0.2) is 24.4 Å². The van der Waals surface area contributed by atoms with Crippen LogP contribution in [0.5, 0.6) is 0 Å². The van der Waals surface area contributed by atoms with Crippen molar-refractivity contribution < 1.29 is 4.79 Å². The summed E-state index contributed by atoms with van der Waals surface area (Å²) in [6.07, 6.45) is 4.44. The van der Waals surface area contributed by atoms with Gasteiger partial charge in [-0.1, -0.05) is 0 Å². The zero-order valence-corrected chi connectivity index (χ0v) is 8.97. The Balaban J connectivity index is 2.08. The number of hydrogen-bond donors (Lipinski definition) is 0. The second-order valence-electron chi connectivity index (χ2n) is 3.98. The van der Waals surface area contributed by atoms with Crippen LogP contribution in [0.4, 0.5) is 5.82 Å². The van der Waals surface area contributed by atoms with Crippen molar-refractivity contribution in [2.45, 2.75) is 12.8 Å².